The number of rotatable bonds is 4. The van der Waals surface area contributed by atoms with Crippen LogP contribution in [0.4, 0.5) is 10.5 Å². The van der Waals surface area contributed by atoms with Crippen LogP contribution < -0.4 is 19.7 Å². The fourth-order valence-corrected chi connectivity index (χ4v) is 4.44. The molecule has 0 aromatic heterocycles. The number of benzene rings is 2. The number of piperazine rings is 1. The minimum absolute atomic E-state index is 0.121. The van der Waals surface area contributed by atoms with Gasteiger partial charge in [-0.05, 0) is 50.2 Å². The van der Waals surface area contributed by atoms with Crippen LogP contribution in [0.1, 0.15) is 23.6 Å². The van der Waals surface area contributed by atoms with Crippen LogP contribution in [0.2, 0.25) is 0 Å². The van der Waals surface area contributed by atoms with E-state index in [9.17, 15) is 4.79 Å². The quantitative estimate of drug-likeness (QED) is 0.774. The van der Waals surface area contributed by atoms with Gasteiger partial charge >= 0.3 is 6.03 Å². The van der Waals surface area contributed by atoms with Gasteiger partial charge < -0.3 is 24.6 Å². The van der Waals surface area contributed by atoms with E-state index in [0.717, 1.165) is 48.6 Å². The second kappa shape index (κ2) is 9.70. The first-order valence-corrected chi connectivity index (χ1v) is 11.3. The third kappa shape index (κ3) is 4.61. The summed E-state index contributed by atoms with van der Waals surface area (Å²) >= 11 is 0. The summed E-state index contributed by atoms with van der Waals surface area (Å²) < 4.78 is 11.1. The van der Waals surface area contributed by atoms with Crippen LogP contribution in [-0.4, -0.2) is 82.2 Å². The van der Waals surface area contributed by atoms with Crippen molar-refractivity contribution in [3.05, 3.63) is 53.1 Å². The number of likely N-dealkylation sites (N-methyl/N-ethyl adjacent to an activating group) is 1. The third-order valence-corrected chi connectivity index (χ3v) is 6.44. The van der Waals surface area contributed by atoms with Crippen molar-refractivity contribution in [3.63, 3.8) is 0 Å². The van der Waals surface area contributed by atoms with Crippen molar-refractivity contribution in [2.45, 2.75) is 19.4 Å². The molecule has 176 valence electrons. The maximum atomic E-state index is 12.6. The van der Waals surface area contributed by atoms with Crippen LogP contribution in [0.25, 0.3) is 0 Å². The van der Waals surface area contributed by atoms with E-state index in [1.54, 1.807) is 21.3 Å². The molecule has 4 rings (SSSR count). The van der Waals surface area contributed by atoms with E-state index in [0.29, 0.717) is 17.9 Å². The van der Waals surface area contributed by atoms with Gasteiger partial charge in [-0.25, -0.2) is 9.80 Å². The van der Waals surface area contributed by atoms with Crippen LogP contribution in [0.3, 0.4) is 0 Å². The number of hydrogen-bond donors (Lipinski definition) is 1. The molecule has 2 aromatic rings. The smallest absolute Gasteiger partial charge is 0.337 e. The number of amides is 2. The van der Waals surface area contributed by atoms with Gasteiger partial charge in [-0.1, -0.05) is 12.1 Å². The van der Waals surface area contributed by atoms with Crippen molar-refractivity contribution in [1.29, 1.82) is 0 Å². The van der Waals surface area contributed by atoms with Gasteiger partial charge in [0, 0.05) is 50.0 Å². The number of nitrogens with one attached hydrogen (secondary N) is 1. The molecule has 1 N–H and O–H groups in total. The summed E-state index contributed by atoms with van der Waals surface area (Å²) in [6.45, 7) is 6.14. The molecule has 8 nitrogen and oxygen atoms in total. The Balaban J connectivity index is 1.77. The van der Waals surface area contributed by atoms with Crippen molar-refractivity contribution in [2.24, 2.45) is 5.10 Å². The van der Waals surface area contributed by atoms with Gasteiger partial charge in [0.1, 0.15) is 0 Å². The van der Waals surface area contributed by atoms with Crippen LogP contribution in [0.15, 0.2) is 41.5 Å². The molecule has 0 aliphatic carbocycles. The third-order valence-electron chi connectivity index (χ3n) is 6.44. The summed E-state index contributed by atoms with van der Waals surface area (Å²) in [5.74, 6) is 1.31. The number of urea groups is 1. The average Bonchev–Trinajstić information content (AvgIpc) is 2.98. The molecule has 1 atom stereocenters. The topological polar surface area (TPSA) is 69.6 Å². The van der Waals surface area contributed by atoms with E-state index in [-0.39, 0.29) is 12.1 Å². The highest BCUT2D eigenvalue weighted by molar-refractivity contribution is 6.14. The zero-order valence-corrected chi connectivity index (χ0v) is 20.1. The lowest BCUT2D eigenvalue weighted by molar-refractivity contribution is 0.184. The summed E-state index contributed by atoms with van der Waals surface area (Å²) in [5.41, 5.74) is 4.89. The van der Waals surface area contributed by atoms with Crippen LogP contribution in [0.5, 0.6) is 11.5 Å². The van der Waals surface area contributed by atoms with Crippen molar-refractivity contribution in [1.82, 2.24) is 15.2 Å². The largest absolute Gasteiger partial charge is 0.493 e. The Labute approximate surface area is 195 Å². The summed E-state index contributed by atoms with van der Waals surface area (Å²) in [7, 11) is 7.04. The maximum absolute atomic E-state index is 12.6. The monoisotopic (exact) mass is 451 g/mol. The number of carbonyl (C=O) groups is 1. The summed E-state index contributed by atoms with van der Waals surface area (Å²) in [5, 5.41) is 9.09. The number of carbonyl (C=O) groups excluding carboxylic acids is 1. The molecular formula is C25H33N5O3. The van der Waals surface area contributed by atoms with Gasteiger partial charge in [0.05, 0.1) is 26.0 Å². The number of nitrogens with zero attached hydrogens (tertiary/aromatic N) is 4. The van der Waals surface area contributed by atoms with Gasteiger partial charge in [-0.3, -0.25) is 0 Å². The average molecular weight is 452 g/mol. The molecule has 1 fully saturated rings. The lowest BCUT2D eigenvalue weighted by Crippen LogP contribution is -2.44. The number of ether oxygens (including phenoxy) is 2. The van der Waals surface area contributed by atoms with Crippen molar-refractivity contribution < 1.29 is 14.3 Å². The Morgan fingerprint density at radius 1 is 1.03 bits per heavy atom. The molecule has 2 aliphatic rings. The van der Waals surface area contributed by atoms with Gasteiger partial charge in [0.2, 0.25) is 0 Å². The van der Waals surface area contributed by atoms with E-state index in [4.69, 9.17) is 14.6 Å². The molecule has 0 bridgehead atoms. The highest BCUT2D eigenvalue weighted by Crippen LogP contribution is 2.35. The SMILES string of the molecule is CNC(=O)N1N=C(c2ccc(N3CCN(C)CC3)cc2)c2cc(OC)c(OC)cc2C[C@H]1C. The Kier molecular flexibility index (Phi) is 6.74. The molecule has 0 radical (unpaired) electrons. The van der Waals surface area contributed by atoms with E-state index in [2.05, 4.69) is 46.4 Å². The van der Waals surface area contributed by atoms with Crippen molar-refractivity contribution in [3.8, 4) is 11.5 Å². The molecule has 2 amide bonds. The molecule has 1 saturated heterocycles. The second-order valence-corrected chi connectivity index (χ2v) is 8.60. The molecule has 0 spiro atoms. The zero-order valence-electron chi connectivity index (χ0n) is 20.1. The van der Waals surface area contributed by atoms with E-state index in [1.807, 2.05) is 19.1 Å². The van der Waals surface area contributed by atoms with Gasteiger partial charge in [0.25, 0.3) is 0 Å². The summed E-state index contributed by atoms with van der Waals surface area (Å²) in [4.78, 5) is 17.4. The molecule has 2 heterocycles. The number of anilines is 1. The minimum atomic E-state index is -0.235. The fourth-order valence-electron chi connectivity index (χ4n) is 4.44. The minimum Gasteiger partial charge on any atom is -0.493 e. The zero-order chi connectivity index (χ0) is 23.5. The van der Waals surface area contributed by atoms with E-state index in [1.165, 1.54) is 10.7 Å². The Bertz CT molecular complexity index is 1030. The maximum Gasteiger partial charge on any atom is 0.337 e. The first-order valence-electron chi connectivity index (χ1n) is 11.3. The van der Waals surface area contributed by atoms with Crippen LogP contribution in [0, 0.1) is 0 Å². The standard InChI is InChI=1S/C25H33N5O3/c1-17-14-19-15-22(32-4)23(33-5)16-21(19)24(27-30(17)25(31)26-2)18-6-8-20(9-7-18)29-12-10-28(3)11-13-29/h6-9,15-17H,10-14H2,1-5H3,(H,26,31)/t17-/m1/s1. The molecular weight excluding hydrogens is 418 g/mol. The molecule has 0 saturated carbocycles. The fraction of sp³-hybridized carbons (Fsp3) is 0.440. The van der Waals surface area contributed by atoms with E-state index >= 15 is 0 Å². The van der Waals surface area contributed by atoms with Crippen molar-refractivity contribution >= 4 is 17.4 Å². The molecule has 33 heavy (non-hydrogen) atoms. The van der Waals surface area contributed by atoms with Crippen molar-refractivity contribution in [2.75, 3.05) is 59.4 Å². The number of hydrogen-bond acceptors (Lipinski definition) is 6. The normalized spacial score (nSPS) is 18.8. The highest BCUT2D eigenvalue weighted by Gasteiger charge is 2.28. The molecule has 2 aromatic carbocycles. The first-order chi connectivity index (χ1) is 15.9. The Morgan fingerprint density at radius 2 is 1.67 bits per heavy atom. The predicted octanol–water partition coefficient (Wildman–Crippen LogP) is 2.79. The van der Waals surface area contributed by atoms with Gasteiger partial charge in [-0.15, -0.1) is 0 Å². The molecule has 2 aliphatic heterocycles. The first kappa shape index (κ1) is 22.9. The summed E-state index contributed by atoms with van der Waals surface area (Å²) in [6, 6.07) is 12.1. The lowest BCUT2D eigenvalue weighted by Gasteiger charge is -2.34. The highest BCUT2D eigenvalue weighted by atomic mass is 16.5. The Morgan fingerprint density at radius 3 is 2.27 bits per heavy atom. The van der Waals surface area contributed by atoms with Gasteiger partial charge in [-0.2, -0.15) is 5.10 Å². The van der Waals surface area contributed by atoms with Crippen LogP contribution >= 0.6 is 0 Å². The number of hydrazone groups is 1. The van der Waals surface area contributed by atoms with Gasteiger partial charge in [0.15, 0.2) is 11.5 Å². The molecule has 8 heteroatoms. The second-order valence-electron chi connectivity index (χ2n) is 8.60. The number of methoxy groups -OCH3 is 2. The predicted molar refractivity (Wildman–Crippen MR) is 131 cm³/mol. The lowest BCUT2D eigenvalue weighted by atomic mass is 9.94. The van der Waals surface area contributed by atoms with E-state index < -0.39 is 0 Å². The number of fused-ring (bicyclic) bond motifs is 1. The summed E-state index contributed by atoms with van der Waals surface area (Å²) in [6.07, 6.45) is 0.648. The van der Waals surface area contributed by atoms with Crippen LogP contribution in [-0.2, 0) is 6.42 Å². The Hall–Kier alpha value is -3.26. The molecule has 0 unspecified atom stereocenters.